The van der Waals surface area contributed by atoms with E-state index < -0.39 is 0 Å². The van der Waals surface area contributed by atoms with Gasteiger partial charge in [-0.25, -0.2) is 0 Å². The Morgan fingerprint density at radius 3 is 2.29 bits per heavy atom. The fourth-order valence-electron chi connectivity index (χ4n) is 1.34. The lowest BCUT2D eigenvalue weighted by atomic mass is 10.2. The molecule has 1 atom stereocenters. The molecule has 0 heterocycles. The molecule has 0 fully saturated rings. The van der Waals surface area contributed by atoms with Crippen molar-refractivity contribution in [3.05, 3.63) is 0 Å². The van der Waals surface area contributed by atoms with Gasteiger partial charge in [-0.3, -0.25) is 4.90 Å². The van der Waals surface area contributed by atoms with Gasteiger partial charge in [-0.05, 0) is 13.3 Å². The van der Waals surface area contributed by atoms with E-state index in [1.165, 1.54) is 0 Å². The van der Waals surface area contributed by atoms with E-state index in [0.29, 0.717) is 6.04 Å². The van der Waals surface area contributed by atoms with Crippen LogP contribution in [0.15, 0.2) is 0 Å². The largest absolute Gasteiger partial charge is 0.385 e. The van der Waals surface area contributed by atoms with E-state index in [4.69, 9.17) is 9.47 Å². The molecule has 14 heavy (non-hydrogen) atoms. The van der Waals surface area contributed by atoms with Gasteiger partial charge in [0.1, 0.15) is 0 Å². The van der Waals surface area contributed by atoms with Gasteiger partial charge in [0.15, 0.2) is 0 Å². The molecule has 4 heteroatoms. The van der Waals surface area contributed by atoms with Gasteiger partial charge in [0, 0.05) is 45.3 Å². The minimum absolute atomic E-state index is 0.558. The normalized spacial score (nSPS) is 13.5. The van der Waals surface area contributed by atoms with Crippen LogP contribution in [0, 0.1) is 0 Å². The van der Waals surface area contributed by atoms with E-state index in [1.54, 1.807) is 14.2 Å². The number of nitrogens with zero attached hydrogens (tertiary/aromatic N) is 1. The lowest BCUT2D eigenvalue weighted by Gasteiger charge is -2.27. The van der Waals surface area contributed by atoms with Gasteiger partial charge in [-0.2, -0.15) is 0 Å². The van der Waals surface area contributed by atoms with Crippen LogP contribution in [-0.4, -0.2) is 56.8 Å². The van der Waals surface area contributed by atoms with Crippen LogP contribution < -0.4 is 0 Å². The van der Waals surface area contributed by atoms with E-state index in [9.17, 15) is 0 Å². The van der Waals surface area contributed by atoms with E-state index in [0.717, 1.165) is 38.1 Å². The zero-order valence-corrected chi connectivity index (χ0v) is 11.0. The lowest BCUT2D eigenvalue weighted by molar-refractivity contribution is 0.107. The Balaban J connectivity index is 3.77. The summed E-state index contributed by atoms with van der Waals surface area (Å²) in [5, 5.41) is 1.01. The van der Waals surface area contributed by atoms with Crippen molar-refractivity contribution in [2.75, 3.05) is 45.9 Å². The number of halogens is 1. The molecule has 0 radical (unpaired) electrons. The first-order chi connectivity index (χ1) is 6.76. The maximum absolute atomic E-state index is 5.09. The molecule has 0 spiro atoms. The van der Waals surface area contributed by atoms with Crippen LogP contribution in [0.1, 0.15) is 13.3 Å². The van der Waals surface area contributed by atoms with Crippen LogP contribution in [-0.2, 0) is 9.47 Å². The minimum atomic E-state index is 0.558. The summed E-state index contributed by atoms with van der Waals surface area (Å²) in [6.07, 6.45) is 1.08. The maximum Gasteiger partial charge on any atom is 0.0589 e. The number of hydrogen-bond acceptors (Lipinski definition) is 3. The molecular weight excluding hydrogens is 246 g/mol. The monoisotopic (exact) mass is 267 g/mol. The van der Waals surface area contributed by atoms with Crippen LogP contribution in [0.4, 0.5) is 0 Å². The molecule has 0 saturated carbocycles. The Kier molecular flexibility index (Phi) is 10.2. The molecule has 0 amide bonds. The van der Waals surface area contributed by atoms with Gasteiger partial charge in [-0.1, -0.05) is 15.9 Å². The first-order valence-corrected chi connectivity index (χ1v) is 6.16. The Morgan fingerprint density at radius 2 is 1.79 bits per heavy atom. The van der Waals surface area contributed by atoms with E-state index in [1.807, 2.05) is 0 Å². The SMILES string of the molecule is COCCC(C)N(CCBr)CCOC. The maximum atomic E-state index is 5.09. The van der Waals surface area contributed by atoms with Crippen molar-refractivity contribution >= 4 is 15.9 Å². The highest BCUT2D eigenvalue weighted by Gasteiger charge is 2.12. The van der Waals surface area contributed by atoms with E-state index in [2.05, 4.69) is 27.8 Å². The molecule has 0 N–H and O–H groups in total. The van der Waals surface area contributed by atoms with Gasteiger partial charge < -0.3 is 9.47 Å². The third-order valence-electron chi connectivity index (χ3n) is 2.32. The molecule has 3 nitrogen and oxygen atoms in total. The second kappa shape index (κ2) is 9.90. The summed E-state index contributed by atoms with van der Waals surface area (Å²) in [6, 6.07) is 0.558. The van der Waals surface area contributed by atoms with Crippen molar-refractivity contribution in [1.29, 1.82) is 0 Å². The summed E-state index contributed by atoms with van der Waals surface area (Å²) < 4.78 is 10.2. The van der Waals surface area contributed by atoms with Crippen molar-refractivity contribution in [3.8, 4) is 0 Å². The molecule has 0 bridgehead atoms. The number of alkyl halides is 1. The standard InChI is InChI=1S/C10H22BrNO2/c1-10(4-8-13-2)12(6-5-11)7-9-14-3/h10H,4-9H2,1-3H3. The summed E-state index contributed by atoms with van der Waals surface area (Å²) in [7, 11) is 3.49. The van der Waals surface area contributed by atoms with E-state index >= 15 is 0 Å². The van der Waals surface area contributed by atoms with Crippen molar-refractivity contribution in [2.24, 2.45) is 0 Å². The number of ether oxygens (including phenoxy) is 2. The molecule has 0 rings (SSSR count). The molecule has 0 aliphatic rings. The number of hydrogen-bond donors (Lipinski definition) is 0. The molecule has 0 aliphatic carbocycles. The number of methoxy groups -OCH3 is 2. The fourth-order valence-corrected chi connectivity index (χ4v) is 1.80. The zero-order chi connectivity index (χ0) is 10.8. The molecular formula is C10H22BrNO2. The van der Waals surface area contributed by atoms with Gasteiger partial charge >= 0.3 is 0 Å². The fraction of sp³-hybridized carbons (Fsp3) is 1.00. The van der Waals surface area contributed by atoms with Gasteiger partial charge in [-0.15, -0.1) is 0 Å². The smallest absolute Gasteiger partial charge is 0.0589 e. The van der Waals surface area contributed by atoms with Gasteiger partial charge in [0.2, 0.25) is 0 Å². The third-order valence-corrected chi connectivity index (χ3v) is 2.67. The average molecular weight is 268 g/mol. The van der Waals surface area contributed by atoms with Crippen molar-refractivity contribution < 1.29 is 9.47 Å². The predicted octanol–water partition coefficient (Wildman–Crippen LogP) is 1.75. The van der Waals surface area contributed by atoms with Crippen LogP contribution in [0.25, 0.3) is 0 Å². The first kappa shape index (κ1) is 14.4. The minimum Gasteiger partial charge on any atom is -0.385 e. The number of rotatable bonds is 9. The highest BCUT2D eigenvalue weighted by Crippen LogP contribution is 2.04. The average Bonchev–Trinajstić information content (AvgIpc) is 2.20. The molecule has 1 unspecified atom stereocenters. The summed E-state index contributed by atoms with van der Waals surface area (Å²) in [6.45, 7) is 5.91. The van der Waals surface area contributed by atoms with Gasteiger partial charge in [0.05, 0.1) is 6.61 Å². The quantitative estimate of drug-likeness (QED) is 0.595. The molecule has 86 valence electrons. The second-order valence-electron chi connectivity index (χ2n) is 3.35. The molecule has 0 aromatic heterocycles. The Hall–Kier alpha value is 0.360. The summed E-state index contributed by atoms with van der Waals surface area (Å²) in [5.74, 6) is 0. The Labute approximate surface area is 95.9 Å². The molecule has 0 saturated heterocycles. The Morgan fingerprint density at radius 1 is 1.14 bits per heavy atom. The van der Waals surface area contributed by atoms with Crippen molar-refractivity contribution in [3.63, 3.8) is 0 Å². The van der Waals surface area contributed by atoms with Crippen molar-refractivity contribution in [1.82, 2.24) is 4.90 Å². The highest BCUT2D eigenvalue weighted by atomic mass is 79.9. The van der Waals surface area contributed by atoms with Gasteiger partial charge in [0.25, 0.3) is 0 Å². The summed E-state index contributed by atoms with van der Waals surface area (Å²) in [5.41, 5.74) is 0. The van der Waals surface area contributed by atoms with Crippen molar-refractivity contribution in [2.45, 2.75) is 19.4 Å². The molecule has 0 aliphatic heterocycles. The third kappa shape index (κ3) is 6.76. The van der Waals surface area contributed by atoms with E-state index in [-0.39, 0.29) is 0 Å². The molecule has 0 aromatic rings. The molecule has 0 aromatic carbocycles. The summed E-state index contributed by atoms with van der Waals surface area (Å²) >= 11 is 3.46. The summed E-state index contributed by atoms with van der Waals surface area (Å²) in [4.78, 5) is 2.41. The second-order valence-corrected chi connectivity index (χ2v) is 4.14. The zero-order valence-electron chi connectivity index (χ0n) is 9.46. The first-order valence-electron chi connectivity index (χ1n) is 5.04. The van der Waals surface area contributed by atoms with Crippen LogP contribution >= 0.6 is 15.9 Å². The predicted molar refractivity (Wildman–Crippen MR) is 63.2 cm³/mol. The topological polar surface area (TPSA) is 21.7 Å². The van der Waals surface area contributed by atoms with Crippen LogP contribution in [0.2, 0.25) is 0 Å². The highest BCUT2D eigenvalue weighted by molar-refractivity contribution is 9.09. The van der Waals surface area contributed by atoms with Crippen LogP contribution in [0.3, 0.4) is 0 Å². The van der Waals surface area contributed by atoms with Crippen LogP contribution in [0.5, 0.6) is 0 Å². The lowest BCUT2D eigenvalue weighted by Crippen LogP contribution is -2.37. The Bertz CT molecular complexity index is 125.